The maximum Gasteiger partial charge on any atom is 0.338 e. The lowest BCUT2D eigenvalue weighted by Crippen LogP contribution is -2.52. The highest BCUT2D eigenvalue weighted by molar-refractivity contribution is 7.11. The summed E-state index contributed by atoms with van der Waals surface area (Å²) < 4.78 is 10.7. The number of amidine groups is 1. The molecule has 0 spiro atoms. The second-order valence-electron chi connectivity index (χ2n) is 7.52. The van der Waals surface area contributed by atoms with Crippen molar-refractivity contribution in [2.45, 2.75) is 19.0 Å². The van der Waals surface area contributed by atoms with E-state index >= 15 is 0 Å². The van der Waals surface area contributed by atoms with Crippen molar-refractivity contribution in [3.63, 3.8) is 0 Å². The number of hydrogen-bond donors (Lipinski definition) is 2. The van der Waals surface area contributed by atoms with Crippen LogP contribution in [-0.4, -0.2) is 71.7 Å². The molecule has 0 saturated carbocycles. The first-order valence-corrected chi connectivity index (χ1v) is 12.2. The van der Waals surface area contributed by atoms with Gasteiger partial charge in [0.25, 0.3) is 0 Å². The Kier molecular flexibility index (Phi) is 7.84. The molecule has 0 amide bonds. The molecule has 0 aliphatic carbocycles. The van der Waals surface area contributed by atoms with E-state index in [0.29, 0.717) is 45.3 Å². The molecule has 3 heterocycles. The predicted molar refractivity (Wildman–Crippen MR) is 128 cm³/mol. The molecule has 0 unspecified atom stereocenters. The molecule has 2 atom stereocenters. The number of carboxylic acid groups (broad SMARTS) is 1. The quantitative estimate of drug-likeness (QED) is 0.531. The van der Waals surface area contributed by atoms with E-state index in [1.807, 2.05) is 5.38 Å². The molecule has 2 N–H and O–H groups in total. The number of carbonyl (C=O) groups is 2. The number of aromatic nitrogens is 1. The Bertz CT molecular complexity index is 1140. The molecule has 180 valence electrons. The zero-order chi connectivity index (χ0) is 24.2. The predicted octanol–water partition coefficient (Wildman–Crippen LogP) is 3.14. The molecule has 1 fully saturated rings. The highest BCUT2D eigenvalue weighted by atomic mass is 35.5. The van der Waals surface area contributed by atoms with Crippen molar-refractivity contribution in [2.75, 3.05) is 32.9 Å². The Balaban J connectivity index is 1.83. The van der Waals surface area contributed by atoms with Gasteiger partial charge in [-0.15, -0.1) is 11.3 Å². The zero-order valence-electron chi connectivity index (χ0n) is 18.2. The van der Waals surface area contributed by atoms with Crippen LogP contribution in [0.15, 0.2) is 46.0 Å². The summed E-state index contributed by atoms with van der Waals surface area (Å²) in [5.74, 6) is -1.11. The number of aliphatic carboxylic acids is 1. The summed E-state index contributed by atoms with van der Waals surface area (Å²) in [7, 11) is 0. The molecule has 2 aliphatic heterocycles. The largest absolute Gasteiger partial charge is 0.480 e. The average Bonchev–Trinajstić information content (AvgIpc) is 3.34. The minimum atomic E-state index is -1.00. The number of hydrogen-bond acceptors (Lipinski definition) is 9. The van der Waals surface area contributed by atoms with E-state index in [4.69, 9.17) is 37.7 Å². The van der Waals surface area contributed by atoms with Gasteiger partial charge in [-0.3, -0.25) is 14.7 Å². The Morgan fingerprint density at radius 2 is 2.21 bits per heavy atom. The highest BCUT2D eigenvalue weighted by Gasteiger charge is 2.37. The van der Waals surface area contributed by atoms with Crippen LogP contribution < -0.4 is 5.32 Å². The Hall–Kier alpha value is -2.50. The lowest BCUT2D eigenvalue weighted by molar-refractivity contribution is -0.149. The van der Waals surface area contributed by atoms with Gasteiger partial charge in [-0.05, 0) is 19.1 Å². The van der Waals surface area contributed by atoms with Gasteiger partial charge < -0.3 is 19.9 Å². The molecule has 0 bridgehead atoms. The van der Waals surface area contributed by atoms with Gasteiger partial charge >= 0.3 is 11.9 Å². The van der Waals surface area contributed by atoms with Crippen molar-refractivity contribution in [3.8, 4) is 0 Å². The highest BCUT2D eigenvalue weighted by Crippen LogP contribution is 2.37. The summed E-state index contributed by atoms with van der Waals surface area (Å²) in [6.07, 6.45) is 1.65. The zero-order valence-corrected chi connectivity index (χ0v) is 20.5. The van der Waals surface area contributed by atoms with Gasteiger partial charge in [-0.25, -0.2) is 9.78 Å². The topological polar surface area (TPSA) is 113 Å². The third kappa shape index (κ3) is 5.26. The van der Waals surface area contributed by atoms with E-state index in [-0.39, 0.29) is 25.3 Å². The van der Waals surface area contributed by atoms with Crippen molar-refractivity contribution in [2.24, 2.45) is 4.99 Å². The maximum absolute atomic E-state index is 13.2. The summed E-state index contributed by atoms with van der Waals surface area (Å²) in [6.45, 7) is 2.83. The van der Waals surface area contributed by atoms with Crippen LogP contribution in [0.3, 0.4) is 0 Å². The number of rotatable bonds is 7. The first-order chi connectivity index (χ1) is 16.4. The molecular weight excluding hydrogens is 503 g/mol. The van der Waals surface area contributed by atoms with E-state index < -0.39 is 24.0 Å². The third-order valence-electron chi connectivity index (χ3n) is 5.40. The standard InChI is InChI=1S/C22H22Cl2N4O5S/c1-2-33-22(31)17-15(10-28-6-7-32-11-16(28)21(29)30)26-19(20-25-5-8-34-20)27-18(17)13-4-3-12(23)9-14(13)24/h3-5,8-9,16,18H,2,6-7,10-11H2,1H3,(H,26,27)(H,29,30)/t16-,18-/m0/s1. The molecule has 2 aromatic rings. The number of esters is 1. The molecule has 12 heteroatoms. The number of carboxylic acids is 1. The SMILES string of the molecule is CCOC(=O)C1=C(CN2CCOC[C@H]2C(=O)O)NC(c2nccs2)=N[C@H]1c1ccc(Cl)cc1Cl. The molecule has 0 radical (unpaired) electrons. The number of carbonyl (C=O) groups excluding carboxylic acids is 1. The van der Waals surface area contributed by atoms with Crippen LogP contribution in [0, 0.1) is 0 Å². The van der Waals surface area contributed by atoms with Gasteiger partial charge in [0, 0.05) is 46.0 Å². The summed E-state index contributed by atoms with van der Waals surface area (Å²) >= 11 is 14.0. The van der Waals surface area contributed by atoms with Crippen molar-refractivity contribution < 1.29 is 24.2 Å². The monoisotopic (exact) mass is 524 g/mol. The second kappa shape index (κ2) is 10.8. The second-order valence-corrected chi connectivity index (χ2v) is 9.26. The van der Waals surface area contributed by atoms with Crippen LogP contribution in [0.25, 0.3) is 0 Å². The van der Waals surface area contributed by atoms with Gasteiger partial charge in [-0.1, -0.05) is 29.3 Å². The van der Waals surface area contributed by atoms with Gasteiger partial charge in [-0.2, -0.15) is 0 Å². The fraction of sp³-hybridized carbons (Fsp3) is 0.364. The first kappa shape index (κ1) is 24.6. The van der Waals surface area contributed by atoms with Gasteiger partial charge in [0.1, 0.15) is 12.1 Å². The Labute approximate surface area is 210 Å². The molecular formula is C22H22Cl2N4O5S. The van der Waals surface area contributed by atoms with E-state index in [9.17, 15) is 14.7 Å². The van der Waals surface area contributed by atoms with Crippen LogP contribution in [0.1, 0.15) is 23.5 Å². The number of nitrogens with one attached hydrogen (secondary N) is 1. The first-order valence-electron chi connectivity index (χ1n) is 10.5. The molecule has 9 nitrogen and oxygen atoms in total. The third-order valence-corrected chi connectivity index (χ3v) is 6.74. The average molecular weight is 525 g/mol. The number of halogens is 2. The summed E-state index contributed by atoms with van der Waals surface area (Å²) in [4.78, 5) is 35.9. The minimum Gasteiger partial charge on any atom is -0.480 e. The van der Waals surface area contributed by atoms with Crippen molar-refractivity contribution in [1.29, 1.82) is 0 Å². The number of nitrogens with zero attached hydrogens (tertiary/aromatic N) is 3. The lowest BCUT2D eigenvalue weighted by atomic mass is 9.95. The van der Waals surface area contributed by atoms with E-state index in [0.717, 1.165) is 0 Å². The van der Waals surface area contributed by atoms with Gasteiger partial charge in [0.2, 0.25) is 0 Å². The molecule has 2 aliphatic rings. The maximum atomic E-state index is 13.2. The smallest absolute Gasteiger partial charge is 0.338 e. The number of aliphatic imine (C=N–C) groups is 1. The number of ether oxygens (including phenoxy) is 2. The van der Waals surface area contributed by atoms with Crippen LogP contribution >= 0.6 is 34.5 Å². The number of benzene rings is 1. The van der Waals surface area contributed by atoms with Crippen molar-refractivity contribution in [1.82, 2.24) is 15.2 Å². The molecule has 4 rings (SSSR count). The van der Waals surface area contributed by atoms with E-state index in [2.05, 4.69) is 10.3 Å². The molecule has 1 aromatic carbocycles. The number of thiazole rings is 1. The van der Waals surface area contributed by atoms with Crippen LogP contribution in [0.5, 0.6) is 0 Å². The van der Waals surface area contributed by atoms with Crippen LogP contribution in [-0.2, 0) is 19.1 Å². The molecule has 34 heavy (non-hydrogen) atoms. The molecule has 1 saturated heterocycles. The molecule has 1 aromatic heterocycles. The lowest BCUT2D eigenvalue weighted by Gasteiger charge is -2.35. The fourth-order valence-electron chi connectivity index (χ4n) is 3.82. The van der Waals surface area contributed by atoms with Gasteiger partial charge in [0.05, 0.1) is 25.4 Å². The summed E-state index contributed by atoms with van der Waals surface area (Å²) in [5, 5.41) is 16.1. The minimum absolute atomic E-state index is 0.0528. The van der Waals surface area contributed by atoms with Gasteiger partial charge in [0.15, 0.2) is 10.8 Å². The van der Waals surface area contributed by atoms with Crippen LogP contribution in [0.4, 0.5) is 0 Å². The Morgan fingerprint density at radius 3 is 2.88 bits per heavy atom. The fourth-order valence-corrected chi connectivity index (χ4v) is 4.92. The van der Waals surface area contributed by atoms with Crippen molar-refractivity contribution in [3.05, 3.63) is 61.7 Å². The summed E-state index contributed by atoms with van der Waals surface area (Å²) in [6, 6.07) is 3.32. The van der Waals surface area contributed by atoms with E-state index in [1.165, 1.54) is 11.3 Å². The normalized spacial score (nSPS) is 21.1. The summed E-state index contributed by atoms with van der Waals surface area (Å²) in [5.41, 5.74) is 1.30. The van der Waals surface area contributed by atoms with Crippen molar-refractivity contribution >= 4 is 52.3 Å². The van der Waals surface area contributed by atoms with Crippen LogP contribution in [0.2, 0.25) is 10.0 Å². The number of morpholine rings is 1. The Morgan fingerprint density at radius 1 is 1.38 bits per heavy atom. The van der Waals surface area contributed by atoms with E-state index in [1.54, 1.807) is 36.2 Å².